The van der Waals surface area contributed by atoms with Crippen LogP contribution in [-0.2, 0) is 13.0 Å². The minimum absolute atomic E-state index is 0.0894. The standard InChI is InChI=1S/C27H27N3O2S/c31-25-7-5-22(6-8-25)21-1-3-24(4-2-21)27(32)30-15-10-23(11-16-30)26-28-13-17-29(26)14-9-20-12-18-33-19-20/h1-8,12-13,17-19,23,31H,9-11,14-16H2. The number of hydrogen-bond donors (Lipinski definition) is 1. The molecular formula is C27H27N3O2S. The first-order chi connectivity index (χ1) is 16.2. The van der Waals surface area contributed by atoms with Gasteiger partial charge in [-0.2, -0.15) is 11.3 Å². The van der Waals surface area contributed by atoms with Crippen molar-refractivity contribution < 1.29 is 9.90 Å². The summed E-state index contributed by atoms with van der Waals surface area (Å²) in [6.45, 7) is 2.44. The number of carbonyl (C=O) groups is 1. The van der Waals surface area contributed by atoms with Gasteiger partial charge in [-0.3, -0.25) is 4.79 Å². The van der Waals surface area contributed by atoms with E-state index in [2.05, 4.69) is 32.6 Å². The number of phenols is 1. The van der Waals surface area contributed by atoms with Crippen molar-refractivity contribution in [3.8, 4) is 16.9 Å². The number of aromatic nitrogens is 2. The van der Waals surface area contributed by atoms with E-state index in [-0.39, 0.29) is 11.7 Å². The summed E-state index contributed by atoms with van der Waals surface area (Å²) in [5, 5.41) is 13.8. The lowest BCUT2D eigenvalue weighted by molar-refractivity contribution is 0.0710. The minimum atomic E-state index is 0.0894. The Hall–Kier alpha value is -3.38. The molecule has 3 heterocycles. The van der Waals surface area contributed by atoms with Crippen LogP contribution in [0.4, 0.5) is 0 Å². The Kier molecular flexibility index (Phi) is 6.26. The molecule has 0 bridgehead atoms. The van der Waals surface area contributed by atoms with Gasteiger partial charge in [-0.25, -0.2) is 4.98 Å². The molecular weight excluding hydrogens is 430 g/mol. The van der Waals surface area contributed by atoms with Gasteiger partial charge in [0.1, 0.15) is 11.6 Å². The molecule has 0 radical (unpaired) electrons. The summed E-state index contributed by atoms with van der Waals surface area (Å²) in [5.74, 6) is 1.88. The van der Waals surface area contributed by atoms with Crippen LogP contribution in [0, 0.1) is 0 Å². The summed E-state index contributed by atoms with van der Waals surface area (Å²) >= 11 is 1.74. The fraction of sp³-hybridized carbons (Fsp3) is 0.259. The molecule has 1 amide bonds. The van der Waals surface area contributed by atoms with E-state index in [1.165, 1.54) is 5.56 Å². The molecule has 33 heavy (non-hydrogen) atoms. The van der Waals surface area contributed by atoms with Crippen LogP contribution in [0.5, 0.6) is 5.75 Å². The van der Waals surface area contributed by atoms with Crippen LogP contribution >= 0.6 is 11.3 Å². The van der Waals surface area contributed by atoms with Crippen molar-refractivity contribution >= 4 is 17.2 Å². The third-order valence-corrected chi connectivity index (χ3v) is 7.18. The van der Waals surface area contributed by atoms with Crippen LogP contribution < -0.4 is 0 Å². The smallest absolute Gasteiger partial charge is 0.253 e. The largest absolute Gasteiger partial charge is 0.508 e. The lowest BCUT2D eigenvalue weighted by Gasteiger charge is -2.32. The van der Waals surface area contributed by atoms with E-state index >= 15 is 0 Å². The molecule has 1 fully saturated rings. The van der Waals surface area contributed by atoms with E-state index in [4.69, 9.17) is 0 Å². The first-order valence-electron chi connectivity index (χ1n) is 11.4. The van der Waals surface area contributed by atoms with Gasteiger partial charge in [-0.05, 0) is 77.0 Å². The molecule has 1 saturated heterocycles. The molecule has 0 aliphatic carbocycles. The highest BCUT2D eigenvalue weighted by Crippen LogP contribution is 2.29. The van der Waals surface area contributed by atoms with Crippen LogP contribution in [0.15, 0.2) is 77.8 Å². The van der Waals surface area contributed by atoms with Crippen molar-refractivity contribution in [2.75, 3.05) is 13.1 Å². The number of aromatic hydroxyl groups is 1. The Morgan fingerprint density at radius 1 is 1.00 bits per heavy atom. The van der Waals surface area contributed by atoms with E-state index < -0.39 is 0 Å². The fourth-order valence-corrected chi connectivity index (χ4v) is 5.24. The number of carbonyl (C=O) groups excluding carboxylic acids is 1. The Labute approximate surface area is 198 Å². The van der Waals surface area contributed by atoms with Gasteiger partial charge < -0.3 is 14.6 Å². The number of hydrogen-bond acceptors (Lipinski definition) is 4. The molecule has 0 unspecified atom stereocenters. The van der Waals surface area contributed by atoms with Crippen molar-refractivity contribution in [2.24, 2.45) is 0 Å². The molecule has 2 aromatic carbocycles. The zero-order valence-corrected chi connectivity index (χ0v) is 19.2. The van der Waals surface area contributed by atoms with Crippen molar-refractivity contribution in [1.82, 2.24) is 14.5 Å². The monoisotopic (exact) mass is 457 g/mol. The van der Waals surface area contributed by atoms with Crippen LogP contribution in [0.3, 0.4) is 0 Å². The Bertz CT molecular complexity index is 1190. The zero-order valence-electron chi connectivity index (χ0n) is 18.4. The molecule has 1 aliphatic heterocycles. The Morgan fingerprint density at radius 2 is 1.70 bits per heavy atom. The number of rotatable bonds is 6. The van der Waals surface area contributed by atoms with Crippen LogP contribution in [-0.4, -0.2) is 38.6 Å². The predicted molar refractivity (Wildman–Crippen MR) is 132 cm³/mol. The van der Waals surface area contributed by atoms with Crippen LogP contribution in [0.25, 0.3) is 11.1 Å². The van der Waals surface area contributed by atoms with E-state index in [0.29, 0.717) is 11.5 Å². The third-order valence-electron chi connectivity index (χ3n) is 6.45. The Morgan fingerprint density at radius 3 is 2.36 bits per heavy atom. The first-order valence-corrected chi connectivity index (χ1v) is 12.3. The fourth-order valence-electron chi connectivity index (χ4n) is 4.54. The molecule has 2 aromatic heterocycles. The maximum atomic E-state index is 13.1. The number of imidazole rings is 1. The van der Waals surface area contributed by atoms with E-state index in [1.807, 2.05) is 47.5 Å². The molecule has 1 aliphatic rings. The predicted octanol–water partition coefficient (Wildman–Crippen LogP) is 5.58. The van der Waals surface area contributed by atoms with Gasteiger partial charge >= 0.3 is 0 Å². The second-order valence-corrected chi connectivity index (χ2v) is 9.33. The minimum Gasteiger partial charge on any atom is -0.508 e. The van der Waals surface area contributed by atoms with E-state index in [0.717, 1.165) is 55.8 Å². The highest BCUT2D eigenvalue weighted by molar-refractivity contribution is 7.07. The van der Waals surface area contributed by atoms with Gasteiger partial charge in [0.25, 0.3) is 5.91 Å². The molecule has 0 spiro atoms. The number of aryl methyl sites for hydroxylation is 2. The molecule has 6 heteroatoms. The third kappa shape index (κ3) is 4.86. The lowest BCUT2D eigenvalue weighted by atomic mass is 9.95. The van der Waals surface area contributed by atoms with Crippen molar-refractivity contribution in [3.63, 3.8) is 0 Å². The molecule has 4 aromatic rings. The van der Waals surface area contributed by atoms with E-state index in [9.17, 15) is 9.90 Å². The average molecular weight is 458 g/mol. The Balaban J connectivity index is 1.19. The van der Waals surface area contributed by atoms with Crippen LogP contribution in [0.1, 0.15) is 40.5 Å². The molecule has 0 atom stereocenters. The van der Waals surface area contributed by atoms with Crippen molar-refractivity contribution in [3.05, 3.63) is 94.7 Å². The normalized spacial score (nSPS) is 14.5. The summed E-state index contributed by atoms with van der Waals surface area (Å²) in [5.41, 5.74) is 4.13. The summed E-state index contributed by atoms with van der Waals surface area (Å²) in [6.07, 6.45) is 6.87. The van der Waals surface area contributed by atoms with Gasteiger partial charge in [0.05, 0.1) is 0 Å². The maximum absolute atomic E-state index is 13.1. The van der Waals surface area contributed by atoms with Gasteiger partial charge in [0.15, 0.2) is 0 Å². The lowest BCUT2D eigenvalue weighted by Crippen LogP contribution is -2.38. The van der Waals surface area contributed by atoms with Crippen LogP contribution in [0.2, 0.25) is 0 Å². The summed E-state index contributed by atoms with van der Waals surface area (Å²) < 4.78 is 2.28. The van der Waals surface area contributed by atoms with Gasteiger partial charge in [-0.1, -0.05) is 24.3 Å². The maximum Gasteiger partial charge on any atom is 0.253 e. The quantitative estimate of drug-likeness (QED) is 0.411. The number of amides is 1. The zero-order chi connectivity index (χ0) is 22.6. The van der Waals surface area contributed by atoms with Crippen molar-refractivity contribution in [1.29, 1.82) is 0 Å². The summed E-state index contributed by atoms with van der Waals surface area (Å²) in [6, 6.07) is 17.0. The average Bonchev–Trinajstić information content (AvgIpc) is 3.55. The topological polar surface area (TPSA) is 58.4 Å². The van der Waals surface area contributed by atoms with Gasteiger partial charge in [0.2, 0.25) is 0 Å². The number of nitrogens with zero attached hydrogens (tertiary/aromatic N) is 3. The summed E-state index contributed by atoms with van der Waals surface area (Å²) in [7, 11) is 0. The molecule has 1 N–H and O–H groups in total. The number of benzene rings is 2. The highest BCUT2D eigenvalue weighted by atomic mass is 32.1. The second kappa shape index (κ2) is 9.63. The number of thiophene rings is 1. The summed E-state index contributed by atoms with van der Waals surface area (Å²) in [4.78, 5) is 19.7. The van der Waals surface area contributed by atoms with E-state index in [1.54, 1.807) is 23.5 Å². The first kappa shape index (κ1) is 21.5. The number of piperidine rings is 1. The number of phenolic OH excluding ortho intramolecular Hbond substituents is 1. The van der Waals surface area contributed by atoms with Crippen molar-refractivity contribution in [2.45, 2.75) is 31.7 Å². The molecule has 5 rings (SSSR count). The SMILES string of the molecule is O=C(c1ccc(-c2ccc(O)cc2)cc1)N1CCC(c2nccn2CCc2ccsc2)CC1. The van der Waals surface area contributed by atoms with Gasteiger partial charge in [-0.15, -0.1) is 0 Å². The second-order valence-electron chi connectivity index (χ2n) is 8.55. The molecule has 168 valence electrons. The number of likely N-dealkylation sites (tertiary alicyclic amines) is 1. The van der Waals surface area contributed by atoms with Gasteiger partial charge in [0, 0.05) is 43.5 Å². The molecule has 0 saturated carbocycles. The molecule has 5 nitrogen and oxygen atoms in total. The highest BCUT2D eigenvalue weighted by Gasteiger charge is 2.27.